The summed E-state index contributed by atoms with van der Waals surface area (Å²) in [5.41, 5.74) is 1.00. The first kappa shape index (κ1) is 26.6. The van der Waals surface area contributed by atoms with Crippen LogP contribution in [0.5, 0.6) is 0 Å². The van der Waals surface area contributed by atoms with E-state index in [2.05, 4.69) is 34.8 Å². The normalized spacial score (nSPS) is 12.1. The predicted molar refractivity (Wildman–Crippen MR) is 149 cm³/mol. The maximum atomic E-state index is 13.2. The number of unbranched alkanes of at least 4 members (excludes halogenated alkanes) is 1. The van der Waals surface area contributed by atoms with Crippen LogP contribution in [0.3, 0.4) is 0 Å². The number of carbonyl (C=O) groups is 2. The fourth-order valence-corrected chi connectivity index (χ4v) is 5.12. The van der Waals surface area contributed by atoms with Crippen molar-refractivity contribution in [3.05, 3.63) is 77.1 Å². The maximum absolute atomic E-state index is 13.2. The Hall–Kier alpha value is -3.49. The van der Waals surface area contributed by atoms with E-state index in [4.69, 9.17) is 4.42 Å². The molecule has 3 N–H and O–H groups in total. The SMILES string of the molecule is CNCCCCNC(=O)c1nc([C@H](CC(C)C)NC(=O)c2cc3ccccc3s2)oc1-c1ccccc1. The summed E-state index contributed by atoms with van der Waals surface area (Å²) < 4.78 is 7.29. The Morgan fingerprint density at radius 2 is 1.70 bits per heavy atom. The van der Waals surface area contributed by atoms with Gasteiger partial charge >= 0.3 is 0 Å². The summed E-state index contributed by atoms with van der Waals surface area (Å²) in [5.74, 6) is 0.555. The third-order valence-electron chi connectivity index (χ3n) is 5.99. The van der Waals surface area contributed by atoms with Gasteiger partial charge in [0.05, 0.1) is 4.88 Å². The molecule has 37 heavy (non-hydrogen) atoms. The minimum absolute atomic E-state index is 0.179. The lowest BCUT2D eigenvalue weighted by Crippen LogP contribution is -2.29. The highest BCUT2D eigenvalue weighted by atomic mass is 32.1. The fraction of sp³-hybridized carbons (Fsp3) is 0.345. The summed E-state index contributed by atoms with van der Waals surface area (Å²) >= 11 is 1.45. The van der Waals surface area contributed by atoms with Gasteiger partial charge in [0.15, 0.2) is 11.5 Å². The van der Waals surface area contributed by atoms with E-state index in [9.17, 15) is 9.59 Å². The summed E-state index contributed by atoms with van der Waals surface area (Å²) in [6, 6.07) is 18.8. The Morgan fingerprint density at radius 1 is 0.973 bits per heavy atom. The van der Waals surface area contributed by atoms with Gasteiger partial charge in [-0.3, -0.25) is 9.59 Å². The van der Waals surface area contributed by atoms with Crippen LogP contribution in [0.25, 0.3) is 21.4 Å². The average molecular weight is 519 g/mol. The molecule has 0 fully saturated rings. The number of carbonyl (C=O) groups excluding carboxylic acids is 2. The van der Waals surface area contributed by atoms with Crippen molar-refractivity contribution in [1.29, 1.82) is 0 Å². The van der Waals surface area contributed by atoms with E-state index in [-0.39, 0.29) is 23.4 Å². The molecule has 0 aliphatic rings. The molecule has 4 aromatic rings. The molecule has 7 nitrogen and oxygen atoms in total. The van der Waals surface area contributed by atoms with Crippen molar-refractivity contribution in [3.8, 4) is 11.3 Å². The highest BCUT2D eigenvalue weighted by Gasteiger charge is 2.28. The first-order valence-electron chi connectivity index (χ1n) is 12.7. The van der Waals surface area contributed by atoms with E-state index >= 15 is 0 Å². The number of nitrogens with one attached hydrogen (secondary N) is 3. The first-order chi connectivity index (χ1) is 18.0. The van der Waals surface area contributed by atoms with Crippen LogP contribution < -0.4 is 16.0 Å². The molecular weight excluding hydrogens is 484 g/mol. The Kier molecular flexibility index (Phi) is 9.09. The monoisotopic (exact) mass is 518 g/mol. The molecule has 0 bridgehead atoms. The summed E-state index contributed by atoms with van der Waals surface area (Å²) in [5, 5.41) is 10.2. The molecule has 1 atom stereocenters. The molecule has 8 heteroatoms. The maximum Gasteiger partial charge on any atom is 0.273 e. The number of nitrogens with zero attached hydrogens (tertiary/aromatic N) is 1. The predicted octanol–water partition coefficient (Wildman–Crippen LogP) is 5.80. The van der Waals surface area contributed by atoms with Crippen LogP contribution in [0, 0.1) is 5.92 Å². The number of rotatable bonds is 12. The van der Waals surface area contributed by atoms with Crippen LogP contribution in [0.1, 0.15) is 65.2 Å². The molecular formula is C29H34N4O3S. The van der Waals surface area contributed by atoms with Crippen LogP contribution >= 0.6 is 11.3 Å². The third-order valence-corrected chi connectivity index (χ3v) is 7.11. The van der Waals surface area contributed by atoms with E-state index in [0.717, 1.165) is 35.0 Å². The molecule has 0 radical (unpaired) electrons. The van der Waals surface area contributed by atoms with Gasteiger partial charge in [-0.1, -0.05) is 62.4 Å². The third kappa shape index (κ3) is 6.84. The lowest BCUT2D eigenvalue weighted by Gasteiger charge is -2.17. The Labute approximate surface area is 221 Å². The zero-order valence-electron chi connectivity index (χ0n) is 21.5. The molecule has 2 aromatic carbocycles. The van der Waals surface area contributed by atoms with Crippen molar-refractivity contribution >= 4 is 33.2 Å². The van der Waals surface area contributed by atoms with E-state index in [1.807, 2.05) is 67.7 Å². The van der Waals surface area contributed by atoms with Crippen LogP contribution in [-0.2, 0) is 0 Å². The number of hydrogen-bond donors (Lipinski definition) is 3. The number of amides is 2. The number of fused-ring (bicyclic) bond motifs is 1. The summed E-state index contributed by atoms with van der Waals surface area (Å²) in [6.07, 6.45) is 2.45. The van der Waals surface area contributed by atoms with Crippen LogP contribution in [0.4, 0.5) is 0 Å². The van der Waals surface area contributed by atoms with E-state index in [1.165, 1.54) is 11.3 Å². The molecule has 2 amide bonds. The van der Waals surface area contributed by atoms with Gasteiger partial charge in [-0.05, 0) is 56.3 Å². The highest BCUT2D eigenvalue weighted by molar-refractivity contribution is 7.20. The fourth-order valence-electron chi connectivity index (χ4n) is 4.15. The first-order valence-corrected chi connectivity index (χ1v) is 13.6. The molecule has 0 unspecified atom stereocenters. The number of benzene rings is 2. The van der Waals surface area contributed by atoms with Crippen LogP contribution in [0.2, 0.25) is 0 Å². The van der Waals surface area contributed by atoms with Crippen LogP contribution in [-0.4, -0.2) is 36.9 Å². The van der Waals surface area contributed by atoms with Crippen molar-refractivity contribution in [3.63, 3.8) is 0 Å². The smallest absolute Gasteiger partial charge is 0.273 e. The zero-order valence-corrected chi connectivity index (χ0v) is 22.4. The molecule has 0 saturated heterocycles. The van der Waals surface area contributed by atoms with Crippen molar-refractivity contribution in [2.75, 3.05) is 20.1 Å². The topological polar surface area (TPSA) is 96.3 Å². The second kappa shape index (κ2) is 12.7. The molecule has 2 heterocycles. The van der Waals surface area contributed by atoms with Crippen molar-refractivity contribution in [2.45, 2.75) is 39.2 Å². The summed E-state index contributed by atoms with van der Waals surface area (Å²) in [6.45, 7) is 5.61. The van der Waals surface area contributed by atoms with E-state index in [1.54, 1.807) is 0 Å². The second-order valence-electron chi connectivity index (χ2n) is 9.47. The second-order valence-corrected chi connectivity index (χ2v) is 10.6. The Morgan fingerprint density at radius 3 is 2.43 bits per heavy atom. The van der Waals surface area contributed by atoms with Gasteiger partial charge in [0.1, 0.15) is 6.04 Å². The Bertz CT molecular complexity index is 1300. The average Bonchev–Trinajstić information content (AvgIpc) is 3.53. The standard InChI is InChI=1S/C29H34N4O3S/c1-19(2)17-22(32-27(34)24-18-21-13-7-8-14-23(21)37-24)29-33-25(28(35)31-16-10-9-15-30-3)26(36-29)20-11-5-4-6-12-20/h4-8,11-14,18-19,22,30H,9-10,15-17H2,1-3H3,(H,31,35)(H,32,34)/t22-/m0/s1. The van der Waals surface area contributed by atoms with Crippen LogP contribution in [0.15, 0.2) is 65.1 Å². The molecule has 0 aliphatic carbocycles. The lowest BCUT2D eigenvalue weighted by molar-refractivity contribution is 0.0927. The quantitative estimate of drug-likeness (QED) is 0.206. The molecule has 2 aromatic heterocycles. The van der Waals surface area contributed by atoms with Gasteiger partial charge in [-0.25, -0.2) is 4.98 Å². The molecule has 0 aliphatic heterocycles. The number of hydrogen-bond acceptors (Lipinski definition) is 6. The molecule has 0 saturated carbocycles. The van der Waals surface area contributed by atoms with Gasteiger partial charge in [-0.2, -0.15) is 0 Å². The van der Waals surface area contributed by atoms with Gasteiger partial charge in [0.2, 0.25) is 5.89 Å². The minimum atomic E-state index is -0.475. The number of aromatic nitrogens is 1. The molecule has 194 valence electrons. The summed E-state index contributed by atoms with van der Waals surface area (Å²) in [4.78, 5) is 31.7. The molecule has 0 spiro atoms. The van der Waals surface area contributed by atoms with Crippen molar-refractivity contribution in [2.24, 2.45) is 5.92 Å². The van der Waals surface area contributed by atoms with Crippen molar-refractivity contribution in [1.82, 2.24) is 20.9 Å². The lowest BCUT2D eigenvalue weighted by atomic mass is 10.0. The van der Waals surface area contributed by atoms with Gasteiger partial charge in [-0.15, -0.1) is 11.3 Å². The zero-order chi connectivity index (χ0) is 26.2. The van der Waals surface area contributed by atoms with Crippen molar-refractivity contribution < 1.29 is 14.0 Å². The minimum Gasteiger partial charge on any atom is -0.438 e. The van der Waals surface area contributed by atoms with E-state index < -0.39 is 6.04 Å². The van der Waals surface area contributed by atoms with Gasteiger partial charge in [0.25, 0.3) is 11.8 Å². The number of thiophene rings is 1. The number of oxazole rings is 1. The van der Waals surface area contributed by atoms with Gasteiger partial charge < -0.3 is 20.4 Å². The molecule has 4 rings (SSSR count). The largest absolute Gasteiger partial charge is 0.438 e. The summed E-state index contributed by atoms with van der Waals surface area (Å²) in [7, 11) is 1.91. The highest BCUT2D eigenvalue weighted by Crippen LogP contribution is 2.31. The van der Waals surface area contributed by atoms with E-state index in [0.29, 0.717) is 29.5 Å². The Balaban J connectivity index is 1.61. The van der Waals surface area contributed by atoms with Gasteiger partial charge in [0, 0.05) is 16.8 Å².